The Bertz CT molecular complexity index is 1300. The summed E-state index contributed by atoms with van der Waals surface area (Å²) in [7, 11) is 0. The van der Waals surface area contributed by atoms with Crippen molar-refractivity contribution in [2.24, 2.45) is 0 Å². The first kappa shape index (κ1) is 20.4. The van der Waals surface area contributed by atoms with Crippen LogP contribution in [0, 0.1) is 15.2 Å². The molecule has 1 aliphatic carbocycles. The summed E-state index contributed by atoms with van der Waals surface area (Å²) in [6, 6.07) is 8.81. The zero-order chi connectivity index (χ0) is 21.5. The molecule has 31 heavy (non-hydrogen) atoms. The van der Waals surface area contributed by atoms with E-state index in [1.807, 2.05) is 10.8 Å². The lowest BCUT2D eigenvalue weighted by Crippen LogP contribution is -2.08. The van der Waals surface area contributed by atoms with Crippen LogP contribution < -0.4 is 0 Å². The molecule has 0 saturated carbocycles. The monoisotopic (exact) mass is 547 g/mol. The molecule has 8 heteroatoms. The first-order valence-corrected chi connectivity index (χ1v) is 11.7. The fourth-order valence-electron chi connectivity index (χ4n) is 3.83. The highest BCUT2D eigenvalue weighted by atomic mass is 127. The van der Waals surface area contributed by atoms with E-state index in [0.717, 1.165) is 41.1 Å². The average Bonchev–Trinajstić information content (AvgIpc) is 3.42. The Balaban J connectivity index is 1.52. The lowest BCUT2D eigenvalue weighted by atomic mass is 10.0. The molecule has 156 valence electrons. The van der Waals surface area contributed by atoms with E-state index in [1.54, 1.807) is 35.1 Å². The van der Waals surface area contributed by atoms with E-state index in [1.165, 1.54) is 29.0 Å². The molecule has 0 atom stereocenters. The van der Waals surface area contributed by atoms with Gasteiger partial charge < -0.3 is 4.57 Å². The molecule has 2 aromatic carbocycles. The molecule has 1 aliphatic rings. The molecule has 0 fully saturated rings. The number of carbonyl (C=O) groups excluding carboxylic acids is 1. The van der Waals surface area contributed by atoms with Gasteiger partial charge in [-0.2, -0.15) is 0 Å². The minimum Gasteiger partial charge on any atom is -0.306 e. The van der Waals surface area contributed by atoms with E-state index < -0.39 is 11.6 Å². The van der Waals surface area contributed by atoms with E-state index >= 15 is 0 Å². The van der Waals surface area contributed by atoms with E-state index in [-0.39, 0.29) is 21.3 Å². The number of imidazole rings is 1. The number of aryl methyl sites for hydroxylation is 2. The van der Waals surface area contributed by atoms with Gasteiger partial charge in [0, 0.05) is 33.6 Å². The molecule has 5 rings (SSSR count). The Labute approximate surface area is 195 Å². The van der Waals surface area contributed by atoms with Crippen molar-refractivity contribution in [2.75, 3.05) is 0 Å². The van der Waals surface area contributed by atoms with Crippen LogP contribution in [0.2, 0.25) is 0 Å². The van der Waals surface area contributed by atoms with Crippen LogP contribution in [0.25, 0.3) is 16.1 Å². The number of thiazole rings is 1. The van der Waals surface area contributed by atoms with Crippen LogP contribution in [0.15, 0.2) is 49.1 Å². The Morgan fingerprint density at radius 3 is 2.87 bits per heavy atom. The number of benzene rings is 2. The smallest absolute Gasteiger partial charge is 0.195 e. The molecule has 0 N–H and O–H groups in total. The number of nitrogens with zero attached hydrogens (tertiary/aromatic N) is 3. The SMILES string of the molecule is O=C(Cc1c(F)ccc(I)c1F)c1nc2c(s1)-c1cc(-n3ccnc3)ccc1CCC2. The zero-order valence-corrected chi connectivity index (χ0v) is 19.2. The van der Waals surface area contributed by atoms with Gasteiger partial charge in [-0.3, -0.25) is 4.79 Å². The van der Waals surface area contributed by atoms with Crippen LogP contribution in [-0.2, 0) is 19.3 Å². The first-order valence-electron chi connectivity index (χ1n) is 9.78. The summed E-state index contributed by atoms with van der Waals surface area (Å²) in [5.41, 5.74) is 3.92. The van der Waals surface area contributed by atoms with Crippen LogP contribution in [0.4, 0.5) is 8.78 Å². The van der Waals surface area contributed by atoms with Gasteiger partial charge in [0.1, 0.15) is 11.6 Å². The van der Waals surface area contributed by atoms with Gasteiger partial charge >= 0.3 is 0 Å². The van der Waals surface area contributed by atoms with Gasteiger partial charge in [-0.15, -0.1) is 11.3 Å². The Morgan fingerprint density at radius 2 is 2.06 bits per heavy atom. The highest BCUT2D eigenvalue weighted by Gasteiger charge is 2.24. The van der Waals surface area contributed by atoms with Gasteiger partial charge in [0.2, 0.25) is 0 Å². The third-order valence-corrected chi connectivity index (χ3v) is 7.42. The van der Waals surface area contributed by atoms with Crippen LogP contribution in [0.3, 0.4) is 0 Å². The van der Waals surface area contributed by atoms with E-state index in [4.69, 9.17) is 0 Å². The molecule has 0 radical (unpaired) electrons. The second kappa shape index (κ2) is 8.23. The molecule has 0 bridgehead atoms. The van der Waals surface area contributed by atoms with Crippen LogP contribution in [-0.4, -0.2) is 20.3 Å². The second-order valence-corrected chi connectivity index (χ2v) is 9.54. The van der Waals surface area contributed by atoms with E-state index in [2.05, 4.69) is 28.2 Å². The molecule has 0 amide bonds. The number of fused-ring (bicyclic) bond motifs is 3. The van der Waals surface area contributed by atoms with Gasteiger partial charge in [0.15, 0.2) is 10.8 Å². The van der Waals surface area contributed by atoms with Gasteiger partial charge in [0.05, 0.1) is 16.9 Å². The topological polar surface area (TPSA) is 47.8 Å². The maximum absolute atomic E-state index is 14.4. The summed E-state index contributed by atoms with van der Waals surface area (Å²) in [5, 5.41) is 0.295. The molecule has 0 spiro atoms. The summed E-state index contributed by atoms with van der Waals surface area (Å²) in [4.78, 5) is 22.5. The number of aromatic nitrogens is 3. The average molecular weight is 547 g/mol. The van der Waals surface area contributed by atoms with Crippen molar-refractivity contribution in [2.45, 2.75) is 25.7 Å². The zero-order valence-electron chi connectivity index (χ0n) is 16.2. The fraction of sp³-hybridized carbons (Fsp3) is 0.174. The maximum atomic E-state index is 14.4. The van der Waals surface area contributed by atoms with Crippen molar-refractivity contribution in [3.05, 3.63) is 86.1 Å². The molecule has 0 unspecified atom stereocenters. The third kappa shape index (κ3) is 3.82. The first-order chi connectivity index (χ1) is 15.0. The van der Waals surface area contributed by atoms with Crippen LogP contribution >= 0.6 is 33.9 Å². The van der Waals surface area contributed by atoms with Crippen LogP contribution in [0.5, 0.6) is 0 Å². The minimum atomic E-state index is -0.709. The highest BCUT2D eigenvalue weighted by Crippen LogP contribution is 2.38. The van der Waals surface area contributed by atoms with Crippen molar-refractivity contribution in [3.63, 3.8) is 0 Å². The number of carbonyl (C=O) groups is 1. The molecule has 2 heterocycles. The third-order valence-electron chi connectivity index (χ3n) is 5.41. The second-order valence-electron chi connectivity index (χ2n) is 7.38. The Hall–Kier alpha value is -2.46. The van der Waals surface area contributed by atoms with Crippen molar-refractivity contribution in [1.29, 1.82) is 0 Å². The van der Waals surface area contributed by atoms with Crippen molar-refractivity contribution >= 4 is 39.7 Å². The van der Waals surface area contributed by atoms with Crippen LogP contribution in [0.1, 0.15) is 33.0 Å². The summed E-state index contributed by atoms with van der Waals surface area (Å²) < 4.78 is 30.7. The Kier molecular flexibility index (Phi) is 5.43. The van der Waals surface area contributed by atoms with E-state index in [0.29, 0.717) is 5.01 Å². The number of hydrogen-bond donors (Lipinski definition) is 0. The molecule has 0 saturated heterocycles. The summed E-state index contributed by atoms with van der Waals surface area (Å²) in [6.07, 6.45) is 7.63. The normalized spacial score (nSPS) is 12.9. The molecular weight excluding hydrogens is 531 g/mol. The molecule has 4 aromatic rings. The van der Waals surface area contributed by atoms with E-state index in [9.17, 15) is 13.6 Å². The Morgan fingerprint density at radius 1 is 1.19 bits per heavy atom. The predicted octanol–water partition coefficient (Wildman–Crippen LogP) is 5.79. The summed E-state index contributed by atoms with van der Waals surface area (Å²) in [5.74, 6) is -1.76. The van der Waals surface area contributed by atoms with Crippen molar-refractivity contribution in [3.8, 4) is 16.1 Å². The summed E-state index contributed by atoms with van der Waals surface area (Å²) in [6.45, 7) is 0. The van der Waals surface area contributed by atoms with Crippen molar-refractivity contribution < 1.29 is 13.6 Å². The highest BCUT2D eigenvalue weighted by molar-refractivity contribution is 14.1. The number of hydrogen-bond acceptors (Lipinski definition) is 4. The number of ketones is 1. The summed E-state index contributed by atoms with van der Waals surface area (Å²) >= 11 is 3.11. The quantitative estimate of drug-likeness (QED) is 0.185. The predicted molar refractivity (Wildman–Crippen MR) is 124 cm³/mol. The lowest BCUT2D eigenvalue weighted by Gasteiger charge is -2.09. The standard InChI is InChI=1S/C23H16F2IN3OS/c24-17-6-7-18(26)21(25)16(17)11-20(30)23-28-19-3-1-2-13-4-5-14(29-9-8-27-12-29)10-15(13)22(19)31-23/h4-10,12H,1-3,11H2. The molecular formula is C23H16F2IN3OS. The minimum absolute atomic E-state index is 0.204. The number of Topliss-reactive ketones (excluding diaryl/α,β-unsaturated/α-hetero) is 1. The van der Waals surface area contributed by atoms with Crippen molar-refractivity contribution in [1.82, 2.24) is 14.5 Å². The van der Waals surface area contributed by atoms with Gasteiger partial charge in [-0.05, 0) is 77.2 Å². The number of halogens is 3. The number of rotatable bonds is 4. The molecule has 0 aliphatic heterocycles. The maximum Gasteiger partial charge on any atom is 0.195 e. The molecule has 4 nitrogen and oxygen atoms in total. The fourth-order valence-corrected chi connectivity index (χ4v) is 5.44. The molecule has 2 aromatic heterocycles. The lowest BCUT2D eigenvalue weighted by molar-refractivity contribution is 0.0990. The van der Waals surface area contributed by atoms with Gasteiger partial charge in [-0.25, -0.2) is 18.7 Å². The van der Waals surface area contributed by atoms with Gasteiger partial charge in [-0.1, -0.05) is 6.07 Å². The van der Waals surface area contributed by atoms with Gasteiger partial charge in [0.25, 0.3) is 0 Å². The largest absolute Gasteiger partial charge is 0.306 e.